The average Bonchev–Trinajstić information content (AvgIpc) is 3.50. The van der Waals surface area contributed by atoms with Crippen LogP contribution in [0.4, 0.5) is 10.1 Å². The summed E-state index contributed by atoms with van der Waals surface area (Å²) in [7, 11) is -11.1. The first kappa shape index (κ1) is 36.2. The standard InChI is InChI=1S/C24H35FN4O15P2/c1-10-11(2)21(40-13(4)31)24(42-20(10)14(25)7-38-12(3)30)43-46(36,37)44-45(34,35)39-8-16-18(32)19(33)23(41-16)29-9-28-17-15(26)5-6-27-22(17)29/h5-6,9-11,14,16,18-21,23-24,32-33H,7-8H2,1-4H3,(H2,26,27)(H,34,35)(H,36,37)/t10-,11-,14-,16+,18?,19-,20?,21?,23+,24-/m0/s1. The maximum atomic E-state index is 15.0. The SMILES string of the molecule is CC(=O)OC[C@H](F)C1O[C@@H](OP(=O)(O)OP(=O)(O)OC[C@H]2O[C@@H](n3cnc4c(N)ccnc43)[C@@H](O)C2O)C(OC(C)=O)[C@@H](C)[C@@H]1C. The lowest BCUT2D eigenvalue weighted by atomic mass is 9.82. The summed E-state index contributed by atoms with van der Waals surface area (Å²) in [6, 6.07) is 1.50. The first-order valence-electron chi connectivity index (χ1n) is 13.8. The fourth-order valence-electron chi connectivity index (χ4n) is 5.06. The fraction of sp³-hybridized carbons (Fsp3) is 0.667. The van der Waals surface area contributed by atoms with E-state index in [9.17, 15) is 43.1 Å². The molecular formula is C24H35FN4O15P2. The van der Waals surface area contributed by atoms with Crippen molar-refractivity contribution >= 4 is 44.4 Å². The molecule has 6 N–H and O–H groups in total. The van der Waals surface area contributed by atoms with E-state index in [-0.39, 0.29) is 11.3 Å². The van der Waals surface area contributed by atoms with Crippen molar-refractivity contribution in [3.63, 3.8) is 0 Å². The Kier molecular flexibility index (Phi) is 11.2. The van der Waals surface area contributed by atoms with Gasteiger partial charge in [0.25, 0.3) is 0 Å². The Morgan fingerprint density at radius 2 is 1.78 bits per heavy atom. The minimum absolute atomic E-state index is 0.209. The lowest BCUT2D eigenvalue weighted by Gasteiger charge is -2.44. The maximum absolute atomic E-state index is 15.0. The number of rotatable bonds is 12. The number of anilines is 1. The molecule has 22 heteroatoms. The summed E-state index contributed by atoms with van der Waals surface area (Å²) in [6.45, 7) is 3.49. The highest BCUT2D eigenvalue weighted by Gasteiger charge is 2.51. The Morgan fingerprint density at radius 3 is 2.43 bits per heavy atom. The molecule has 0 radical (unpaired) electrons. The summed E-state index contributed by atoms with van der Waals surface area (Å²) in [5, 5.41) is 21.1. The molecule has 0 amide bonds. The normalized spacial score (nSPS) is 33.2. The molecule has 2 aliphatic heterocycles. The van der Waals surface area contributed by atoms with Gasteiger partial charge in [-0.15, -0.1) is 0 Å². The van der Waals surface area contributed by atoms with E-state index in [1.807, 2.05) is 0 Å². The highest BCUT2D eigenvalue weighted by molar-refractivity contribution is 7.61. The van der Waals surface area contributed by atoms with Crippen LogP contribution in [0.25, 0.3) is 11.2 Å². The van der Waals surface area contributed by atoms with Gasteiger partial charge in [-0.3, -0.25) is 23.2 Å². The molecule has 12 atom stereocenters. The summed E-state index contributed by atoms with van der Waals surface area (Å²) in [5.74, 6) is -3.08. The number of nitrogen functional groups attached to an aromatic ring is 1. The lowest BCUT2D eigenvalue weighted by Crippen LogP contribution is -2.55. The van der Waals surface area contributed by atoms with Crippen molar-refractivity contribution in [3.05, 3.63) is 18.6 Å². The van der Waals surface area contributed by atoms with Crippen LogP contribution in [-0.2, 0) is 51.0 Å². The summed E-state index contributed by atoms with van der Waals surface area (Å²) < 4.78 is 76.7. The van der Waals surface area contributed by atoms with Crippen LogP contribution in [0.3, 0.4) is 0 Å². The van der Waals surface area contributed by atoms with Gasteiger partial charge < -0.3 is 44.7 Å². The van der Waals surface area contributed by atoms with Crippen LogP contribution < -0.4 is 5.73 Å². The number of halogens is 1. The molecule has 2 aliphatic rings. The van der Waals surface area contributed by atoms with Crippen LogP contribution in [-0.4, -0.2) is 103 Å². The van der Waals surface area contributed by atoms with Gasteiger partial charge in [0.05, 0.1) is 24.7 Å². The number of alkyl halides is 1. The summed E-state index contributed by atoms with van der Waals surface area (Å²) >= 11 is 0. The van der Waals surface area contributed by atoms with Gasteiger partial charge in [-0.2, -0.15) is 4.31 Å². The van der Waals surface area contributed by atoms with E-state index in [1.54, 1.807) is 0 Å². The molecule has 4 rings (SSSR count). The molecule has 2 aromatic rings. The lowest BCUT2D eigenvalue weighted by molar-refractivity contribution is -0.262. The van der Waals surface area contributed by atoms with Crippen molar-refractivity contribution in [2.45, 2.75) is 76.9 Å². The van der Waals surface area contributed by atoms with Crippen molar-refractivity contribution in [3.8, 4) is 0 Å². The molecule has 0 spiro atoms. The molecule has 4 heterocycles. The van der Waals surface area contributed by atoms with Crippen molar-refractivity contribution in [1.29, 1.82) is 0 Å². The quantitative estimate of drug-likeness (QED) is 0.151. The van der Waals surface area contributed by atoms with Crippen molar-refractivity contribution in [2.24, 2.45) is 11.8 Å². The Morgan fingerprint density at radius 1 is 1.09 bits per heavy atom. The second kappa shape index (κ2) is 14.2. The molecule has 0 bridgehead atoms. The number of ether oxygens (including phenoxy) is 4. The number of hydrogen-bond donors (Lipinski definition) is 5. The van der Waals surface area contributed by atoms with E-state index in [2.05, 4.69) is 19.0 Å². The van der Waals surface area contributed by atoms with E-state index >= 15 is 0 Å². The zero-order valence-electron chi connectivity index (χ0n) is 24.9. The minimum Gasteiger partial charge on any atom is -0.463 e. The summed E-state index contributed by atoms with van der Waals surface area (Å²) in [4.78, 5) is 51.6. The largest absolute Gasteiger partial charge is 0.483 e. The minimum atomic E-state index is -5.62. The summed E-state index contributed by atoms with van der Waals surface area (Å²) in [6.07, 6.45) is -10.1. The van der Waals surface area contributed by atoms with Gasteiger partial charge in [-0.1, -0.05) is 13.8 Å². The molecule has 0 aromatic carbocycles. The number of phosphoric acid groups is 2. The number of fused-ring (bicyclic) bond motifs is 1. The monoisotopic (exact) mass is 700 g/mol. The average molecular weight is 701 g/mol. The van der Waals surface area contributed by atoms with Crippen LogP contribution in [0.15, 0.2) is 18.6 Å². The molecule has 258 valence electrons. The number of nitrogens with zero attached hydrogens (tertiary/aromatic N) is 3. The number of esters is 2. The Balaban J connectivity index is 1.42. The molecule has 2 fully saturated rings. The second-order valence-electron chi connectivity index (χ2n) is 10.8. The molecule has 19 nitrogen and oxygen atoms in total. The Labute approximate surface area is 260 Å². The Hall–Kier alpha value is -2.61. The van der Waals surface area contributed by atoms with Gasteiger partial charge >= 0.3 is 27.6 Å². The molecule has 46 heavy (non-hydrogen) atoms. The molecule has 0 saturated carbocycles. The van der Waals surface area contributed by atoms with E-state index in [0.29, 0.717) is 5.52 Å². The molecule has 2 aromatic heterocycles. The maximum Gasteiger partial charge on any atom is 0.483 e. The van der Waals surface area contributed by atoms with Crippen molar-refractivity contribution in [1.82, 2.24) is 14.5 Å². The number of aromatic nitrogens is 3. The first-order chi connectivity index (χ1) is 21.4. The highest BCUT2D eigenvalue weighted by Crippen LogP contribution is 2.62. The second-order valence-corrected chi connectivity index (χ2v) is 13.8. The number of hydrogen-bond acceptors (Lipinski definition) is 16. The highest BCUT2D eigenvalue weighted by atomic mass is 31.3. The number of aliphatic hydroxyl groups excluding tert-OH is 2. The van der Waals surface area contributed by atoms with Crippen LogP contribution in [0, 0.1) is 11.8 Å². The van der Waals surface area contributed by atoms with Crippen molar-refractivity contribution in [2.75, 3.05) is 18.9 Å². The van der Waals surface area contributed by atoms with Gasteiger partial charge in [-0.05, 0) is 12.0 Å². The van der Waals surface area contributed by atoms with E-state index < -0.39 is 102 Å². The molecule has 0 aliphatic carbocycles. The third-order valence-electron chi connectivity index (χ3n) is 7.48. The van der Waals surface area contributed by atoms with Gasteiger partial charge in [0.1, 0.15) is 30.4 Å². The van der Waals surface area contributed by atoms with Crippen LogP contribution in [0.1, 0.15) is 33.9 Å². The van der Waals surface area contributed by atoms with E-state index in [0.717, 1.165) is 13.8 Å². The van der Waals surface area contributed by atoms with Crippen LogP contribution in [0.2, 0.25) is 0 Å². The third-order valence-corrected chi connectivity index (χ3v) is 10.1. The number of carbonyl (C=O) groups excluding carboxylic acids is 2. The van der Waals surface area contributed by atoms with Crippen molar-refractivity contribution < 1.29 is 75.4 Å². The van der Waals surface area contributed by atoms with Gasteiger partial charge in [0.15, 0.2) is 24.2 Å². The molecule has 2 saturated heterocycles. The number of phosphoric ester groups is 2. The molecule has 5 unspecified atom stereocenters. The van der Waals surface area contributed by atoms with Gasteiger partial charge in [0, 0.05) is 26.0 Å². The van der Waals surface area contributed by atoms with E-state index in [4.69, 9.17) is 29.0 Å². The third kappa shape index (κ3) is 8.26. The number of aliphatic hydroxyl groups is 2. The number of pyridine rings is 1. The number of nitrogens with two attached hydrogens (primary N) is 1. The van der Waals surface area contributed by atoms with E-state index in [1.165, 1.54) is 37.0 Å². The zero-order valence-corrected chi connectivity index (χ0v) is 26.7. The number of carbonyl (C=O) groups is 2. The first-order valence-corrected chi connectivity index (χ1v) is 16.8. The fourth-order valence-corrected chi connectivity index (χ4v) is 7.21. The zero-order chi connectivity index (χ0) is 34.1. The smallest absolute Gasteiger partial charge is 0.463 e. The predicted molar refractivity (Wildman–Crippen MR) is 150 cm³/mol. The van der Waals surface area contributed by atoms with Gasteiger partial charge in [-0.25, -0.2) is 23.5 Å². The molecular weight excluding hydrogens is 665 g/mol. The van der Waals surface area contributed by atoms with Crippen LogP contribution in [0.5, 0.6) is 0 Å². The Bertz CT molecular complexity index is 1510. The summed E-state index contributed by atoms with van der Waals surface area (Å²) in [5.41, 5.74) is 6.65. The van der Waals surface area contributed by atoms with Crippen LogP contribution >= 0.6 is 15.6 Å². The van der Waals surface area contributed by atoms with Gasteiger partial charge in [0.2, 0.25) is 6.29 Å². The predicted octanol–water partition coefficient (Wildman–Crippen LogP) is 0.713. The number of imidazole rings is 1. The topological polar surface area (TPSA) is 271 Å².